The summed E-state index contributed by atoms with van der Waals surface area (Å²) in [6.45, 7) is 4.89. The molecule has 1 aromatic carbocycles. The summed E-state index contributed by atoms with van der Waals surface area (Å²) in [4.78, 5) is 36.3. The number of rotatable bonds is 7. The van der Waals surface area contributed by atoms with Gasteiger partial charge in [-0.05, 0) is 67.1 Å². The molecule has 0 amide bonds. The highest BCUT2D eigenvalue weighted by atomic mass is 19.1. The van der Waals surface area contributed by atoms with E-state index in [0.717, 1.165) is 86.7 Å². The number of hydrogen-bond donors (Lipinski definition) is 2. The molecule has 0 bridgehead atoms. The number of anilines is 3. The Bertz CT molecular complexity index is 2130. The summed E-state index contributed by atoms with van der Waals surface area (Å²) in [6.07, 6.45) is 8.86. The van der Waals surface area contributed by atoms with Gasteiger partial charge in [-0.2, -0.15) is 9.78 Å². The Kier molecular flexibility index (Phi) is 7.82. The van der Waals surface area contributed by atoms with Crippen LogP contribution in [0.4, 0.5) is 21.6 Å². The van der Waals surface area contributed by atoms with E-state index in [4.69, 9.17) is 4.74 Å². The van der Waals surface area contributed by atoms with E-state index in [1.54, 1.807) is 31.8 Å². The van der Waals surface area contributed by atoms with E-state index in [0.29, 0.717) is 34.1 Å². The lowest BCUT2D eigenvalue weighted by atomic mass is 9.98. The van der Waals surface area contributed by atoms with Crippen molar-refractivity contribution in [3.05, 3.63) is 98.5 Å². The van der Waals surface area contributed by atoms with Gasteiger partial charge in [-0.1, -0.05) is 0 Å². The van der Waals surface area contributed by atoms with Gasteiger partial charge in [0, 0.05) is 62.3 Å². The molecule has 48 heavy (non-hydrogen) atoms. The zero-order chi connectivity index (χ0) is 32.9. The van der Waals surface area contributed by atoms with Crippen molar-refractivity contribution in [2.75, 3.05) is 49.6 Å². The van der Waals surface area contributed by atoms with Gasteiger partial charge >= 0.3 is 0 Å². The highest BCUT2D eigenvalue weighted by Crippen LogP contribution is 2.31. The van der Waals surface area contributed by atoms with Gasteiger partial charge in [0.1, 0.15) is 29.2 Å². The summed E-state index contributed by atoms with van der Waals surface area (Å²) >= 11 is 0. The number of aryl methyl sites for hydroxylation is 3. The van der Waals surface area contributed by atoms with E-state index >= 15 is 4.39 Å². The van der Waals surface area contributed by atoms with E-state index in [1.165, 1.54) is 16.7 Å². The zero-order valence-corrected chi connectivity index (χ0v) is 26.7. The average molecular weight is 653 g/mol. The summed E-state index contributed by atoms with van der Waals surface area (Å²) in [6, 6.07) is 10.4. The summed E-state index contributed by atoms with van der Waals surface area (Å²) < 4.78 is 25.0. The quantitative estimate of drug-likeness (QED) is 0.273. The molecule has 13 heteroatoms. The van der Waals surface area contributed by atoms with Crippen LogP contribution < -0.4 is 21.3 Å². The number of aliphatic hydroxyl groups excluding tert-OH is 1. The number of nitrogens with one attached hydrogen (secondary N) is 1. The molecule has 0 saturated carbocycles. The van der Waals surface area contributed by atoms with Crippen LogP contribution in [0, 0.1) is 5.82 Å². The molecule has 12 nitrogen and oxygen atoms in total. The SMILES string of the molecule is Cn1cc(-c2cc(F)cc(-n3ncn4c5c(cc4c3=O)CCCC5)c2CO)cc(Nc2ccc(N3CCN(C4COC4)CC3)cn2)c1=O. The molecule has 248 valence electrons. The summed E-state index contributed by atoms with van der Waals surface area (Å²) in [5.74, 6) is -0.123. The van der Waals surface area contributed by atoms with E-state index in [2.05, 4.69) is 25.2 Å². The number of halogens is 1. The van der Waals surface area contributed by atoms with Gasteiger partial charge in [0.05, 0.1) is 43.4 Å². The van der Waals surface area contributed by atoms with Crippen molar-refractivity contribution in [3.8, 4) is 16.8 Å². The predicted octanol–water partition coefficient (Wildman–Crippen LogP) is 3.02. The number of fused-ring (bicyclic) bond motifs is 3. The van der Waals surface area contributed by atoms with Crippen molar-refractivity contribution in [3.63, 3.8) is 0 Å². The van der Waals surface area contributed by atoms with Gasteiger partial charge in [0.2, 0.25) is 0 Å². The Morgan fingerprint density at radius 3 is 2.56 bits per heavy atom. The predicted molar refractivity (Wildman–Crippen MR) is 180 cm³/mol. The van der Waals surface area contributed by atoms with E-state index in [9.17, 15) is 14.7 Å². The van der Waals surface area contributed by atoms with Crippen molar-refractivity contribution < 1.29 is 14.2 Å². The molecule has 6 heterocycles. The van der Waals surface area contributed by atoms with Crippen LogP contribution in [-0.4, -0.2) is 79.2 Å². The molecule has 0 spiro atoms. The minimum atomic E-state index is -0.608. The maximum absolute atomic E-state index is 15.3. The number of aliphatic hydroxyl groups is 1. The van der Waals surface area contributed by atoms with Crippen LogP contribution >= 0.6 is 0 Å². The minimum absolute atomic E-state index is 0.140. The second kappa shape index (κ2) is 12.3. The van der Waals surface area contributed by atoms with Crippen molar-refractivity contribution in [2.45, 2.75) is 38.3 Å². The van der Waals surface area contributed by atoms with Crippen molar-refractivity contribution in [1.82, 2.24) is 28.6 Å². The molecule has 8 rings (SSSR count). The number of benzene rings is 1. The Hall–Kier alpha value is -4.85. The third-order valence-corrected chi connectivity index (χ3v) is 9.93. The van der Waals surface area contributed by atoms with Gasteiger partial charge in [-0.25, -0.2) is 9.37 Å². The molecule has 2 fully saturated rings. The summed E-state index contributed by atoms with van der Waals surface area (Å²) in [7, 11) is 1.61. The molecular weight excluding hydrogens is 615 g/mol. The van der Waals surface area contributed by atoms with Crippen LogP contribution in [0.25, 0.3) is 22.3 Å². The van der Waals surface area contributed by atoms with Gasteiger partial charge in [-0.3, -0.25) is 18.9 Å². The lowest BCUT2D eigenvalue weighted by Gasteiger charge is -2.43. The molecule has 4 aromatic heterocycles. The normalized spacial score (nSPS) is 17.0. The average Bonchev–Trinajstić information content (AvgIpc) is 3.46. The van der Waals surface area contributed by atoms with Crippen molar-refractivity contribution >= 4 is 22.7 Å². The van der Waals surface area contributed by atoms with Gasteiger partial charge in [0.15, 0.2) is 0 Å². The fourth-order valence-corrected chi connectivity index (χ4v) is 7.20. The van der Waals surface area contributed by atoms with Gasteiger partial charge < -0.3 is 24.6 Å². The highest BCUT2D eigenvalue weighted by molar-refractivity contribution is 5.74. The summed E-state index contributed by atoms with van der Waals surface area (Å²) in [5, 5.41) is 18.1. The standard InChI is InChI=1S/C35H37FN8O4/c1-40-17-23(12-29(34(40)46)39-33-7-6-25(16-37-33)41-8-10-42(11-9-41)26-19-48-20-26)27-14-24(36)15-31(28(27)18-45)44-35(47)32-13-22-4-2-3-5-30(22)43(32)21-38-44/h6-7,12-17,21,26,45H,2-5,8-11,18-20H2,1H3,(H,37,39). The fourth-order valence-electron chi connectivity index (χ4n) is 7.20. The Balaban J connectivity index is 1.10. The molecule has 0 radical (unpaired) electrons. The zero-order valence-electron chi connectivity index (χ0n) is 26.7. The first-order valence-corrected chi connectivity index (χ1v) is 16.4. The first-order valence-electron chi connectivity index (χ1n) is 16.4. The number of pyridine rings is 2. The first-order chi connectivity index (χ1) is 23.4. The van der Waals surface area contributed by atoms with Gasteiger partial charge in [0.25, 0.3) is 11.1 Å². The second-order valence-electron chi connectivity index (χ2n) is 12.8. The third-order valence-electron chi connectivity index (χ3n) is 9.93. The first kappa shape index (κ1) is 30.5. The topological polar surface area (TPSA) is 122 Å². The van der Waals surface area contributed by atoms with E-state index < -0.39 is 18.0 Å². The smallest absolute Gasteiger partial charge is 0.295 e. The molecule has 3 aliphatic rings. The van der Waals surface area contributed by atoms with E-state index in [1.807, 2.05) is 22.6 Å². The fraction of sp³-hybridized carbons (Fsp3) is 0.371. The number of piperazine rings is 1. The minimum Gasteiger partial charge on any atom is -0.392 e. The third kappa shape index (κ3) is 5.37. The molecule has 2 N–H and O–H groups in total. The second-order valence-corrected chi connectivity index (χ2v) is 12.8. The Labute approximate surface area is 275 Å². The van der Waals surface area contributed by atoms with Crippen LogP contribution in [0.2, 0.25) is 0 Å². The van der Waals surface area contributed by atoms with Crippen LogP contribution in [0.15, 0.2) is 64.7 Å². The number of aromatic nitrogens is 5. The lowest BCUT2D eigenvalue weighted by molar-refractivity contribution is -0.0660. The lowest BCUT2D eigenvalue weighted by Crippen LogP contribution is -2.56. The van der Waals surface area contributed by atoms with E-state index in [-0.39, 0.29) is 16.9 Å². The Morgan fingerprint density at radius 2 is 1.83 bits per heavy atom. The van der Waals surface area contributed by atoms with Crippen LogP contribution in [0.1, 0.15) is 29.7 Å². The molecule has 2 aliphatic heterocycles. The maximum atomic E-state index is 15.3. The van der Waals surface area contributed by atoms with Crippen LogP contribution in [0.3, 0.4) is 0 Å². The van der Waals surface area contributed by atoms with Crippen molar-refractivity contribution in [2.24, 2.45) is 7.05 Å². The monoisotopic (exact) mass is 652 g/mol. The summed E-state index contributed by atoms with van der Waals surface area (Å²) in [5.41, 5.74) is 4.48. The molecular formula is C35H37FN8O4. The number of hydrogen-bond acceptors (Lipinski definition) is 9. The number of ether oxygens (including phenoxy) is 1. The van der Waals surface area contributed by atoms with Crippen LogP contribution in [-0.2, 0) is 31.2 Å². The molecule has 0 unspecified atom stereocenters. The maximum Gasteiger partial charge on any atom is 0.295 e. The highest BCUT2D eigenvalue weighted by Gasteiger charge is 2.29. The molecule has 1 aliphatic carbocycles. The number of nitrogens with zero attached hydrogens (tertiary/aromatic N) is 7. The van der Waals surface area contributed by atoms with Crippen LogP contribution in [0.5, 0.6) is 0 Å². The molecule has 5 aromatic rings. The van der Waals surface area contributed by atoms with Crippen molar-refractivity contribution in [1.29, 1.82) is 0 Å². The molecule has 2 saturated heterocycles. The largest absolute Gasteiger partial charge is 0.392 e. The molecule has 0 atom stereocenters. The van der Waals surface area contributed by atoms with Gasteiger partial charge in [-0.15, -0.1) is 0 Å². The Morgan fingerprint density at radius 1 is 1.02 bits per heavy atom.